The molecule has 0 spiro atoms. The molecule has 1 aromatic rings. The summed E-state index contributed by atoms with van der Waals surface area (Å²) in [5.41, 5.74) is 4.32. The molecule has 0 heteroatoms. The van der Waals surface area contributed by atoms with Crippen molar-refractivity contribution in [2.75, 3.05) is 0 Å². The highest BCUT2D eigenvalue weighted by atomic mass is 14.2. The highest BCUT2D eigenvalue weighted by Crippen LogP contribution is 2.29. The van der Waals surface area contributed by atoms with Gasteiger partial charge in [0.2, 0.25) is 0 Å². The monoisotopic (exact) mass is 214 g/mol. The molecule has 0 radical (unpaired) electrons. The lowest BCUT2D eigenvalue weighted by Gasteiger charge is -2.21. The summed E-state index contributed by atoms with van der Waals surface area (Å²) in [6, 6.07) is 10.7. The van der Waals surface area contributed by atoms with Gasteiger partial charge in [0.1, 0.15) is 0 Å². The maximum absolute atomic E-state index is 4.12. The second-order valence-electron chi connectivity index (χ2n) is 4.82. The Labute approximate surface area is 100 Å². The minimum atomic E-state index is 0. The van der Waals surface area contributed by atoms with Crippen molar-refractivity contribution in [3.63, 3.8) is 0 Å². The van der Waals surface area contributed by atoms with Crippen molar-refractivity contribution in [1.29, 1.82) is 0 Å². The van der Waals surface area contributed by atoms with Crippen molar-refractivity contribution in [3.05, 3.63) is 59.7 Å². The van der Waals surface area contributed by atoms with Crippen molar-refractivity contribution in [2.24, 2.45) is 5.92 Å². The molecular weight excluding hydrogens is 192 g/mol. The van der Waals surface area contributed by atoms with Crippen LogP contribution in [0.1, 0.15) is 33.2 Å². The number of hydrogen-bond acceptors (Lipinski definition) is 0. The Bertz CT molecular complexity index is 383. The molecule has 0 amide bonds. The van der Waals surface area contributed by atoms with Gasteiger partial charge in [-0.2, -0.15) is 0 Å². The first-order valence-electron chi connectivity index (χ1n) is 6.14. The van der Waals surface area contributed by atoms with Crippen LogP contribution in [0.15, 0.2) is 54.1 Å². The second-order valence-corrected chi connectivity index (χ2v) is 4.82. The van der Waals surface area contributed by atoms with Crippen molar-refractivity contribution < 1.29 is 1.43 Å². The number of hydrogen-bond donors (Lipinski definition) is 0. The molecule has 0 unspecified atom stereocenters. The molecule has 0 aliphatic heterocycles. The maximum atomic E-state index is 4.12. The second kappa shape index (κ2) is 5.16. The van der Waals surface area contributed by atoms with Gasteiger partial charge in [-0.05, 0) is 38.2 Å². The van der Waals surface area contributed by atoms with E-state index >= 15 is 0 Å². The predicted octanol–water partition coefficient (Wildman–Crippen LogP) is 4.78. The first kappa shape index (κ1) is 11.2. The van der Waals surface area contributed by atoms with Gasteiger partial charge in [-0.3, -0.25) is 0 Å². The molecule has 0 aromatic heterocycles. The van der Waals surface area contributed by atoms with Crippen molar-refractivity contribution in [1.82, 2.24) is 0 Å². The van der Waals surface area contributed by atoms with Gasteiger partial charge in [0.25, 0.3) is 0 Å². The third-order valence-electron chi connectivity index (χ3n) is 3.36. The number of allylic oxidation sites excluding steroid dienone is 3. The molecule has 2 rings (SSSR count). The topological polar surface area (TPSA) is 0 Å². The van der Waals surface area contributed by atoms with Crippen LogP contribution in [0, 0.1) is 5.92 Å². The van der Waals surface area contributed by atoms with Crippen LogP contribution in [0.25, 0.3) is 0 Å². The van der Waals surface area contributed by atoms with Gasteiger partial charge in [0, 0.05) is 7.34 Å². The largest absolute Gasteiger partial charge is 0.0995 e. The van der Waals surface area contributed by atoms with Crippen LogP contribution in [0.5, 0.6) is 0 Å². The van der Waals surface area contributed by atoms with E-state index in [2.05, 4.69) is 49.9 Å². The fourth-order valence-corrected chi connectivity index (χ4v) is 2.08. The molecule has 1 aliphatic rings. The first-order valence-corrected chi connectivity index (χ1v) is 6.14. The minimum Gasteiger partial charge on any atom is -0.0995 e. The zero-order valence-electron chi connectivity index (χ0n) is 10.1. The Morgan fingerprint density at radius 3 is 2.56 bits per heavy atom. The maximum Gasteiger partial charge on any atom is 0.00144 e. The third-order valence-corrected chi connectivity index (χ3v) is 3.36. The van der Waals surface area contributed by atoms with Crippen molar-refractivity contribution >= 4 is 0 Å². The van der Waals surface area contributed by atoms with Crippen LogP contribution in [0.4, 0.5) is 0 Å². The molecule has 86 valence electrons. The van der Waals surface area contributed by atoms with Gasteiger partial charge in [-0.25, -0.2) is 0 Å². The van der Waals surface area contributed by atoms with E-state index in [1.807, 2.05) is 0 Å². The Hall–Kier alpha value is -1.30. The van der Waals surface area contributed by atoms with E-state index in [9.17, 15) is 0 Å². The quantitative estimate of drug-likeness (QED) is 0.633. The van der Waals surface area contributed by atoms with Gasteiger partial charge in [-0.15, -0.1) is 0 Å². The zero-order chi connectivity index (χ0) is 11.4. The molecule has 1 atom stereocenters. The van der Waals surface area contributed by atoms with E-state index in [-0.39, 0.29) is 1.43 Å². The van der Waals surface area contributed by atoms with Crippen LogP contribution < -0.4 is 0 Å². The summed E-state index contributed by atoms with van der Waals surface area (Å²) in [5, 5.41) is 0. The Balaban J connectivity index is 0.00000144. The van der Waals surface area contributed by atoms with E-state index < -0.39 is 0 Å². The van der Waals surface area contributed by atoms with E-state index in [1.54, 1.807) is 5.57 Å². The number of rotatable bonds is 4. The Morgan fingerprint density at radius 1 is 1.38 bits per heavy atom. The first-order chi connectivity index (χ1) is 7.75. The van der Waals surface area contributed by atoms with E-state index in [0.29, 0.717) is 5.92 Å². The fraction of sp³-hybridized carbons (Fsp3) is 0.375. The lowest BCUT2D eigenvalue weighted by Crippen LogP contribution is -2.06. The van der Waals surface area contributed by atoms with Crippen LogP contribution in [-0.2, 0) is 6.42 Å². The molecule has 0 bridgehead atoms. The third kappa shape index (κ3) is 2.85. The van der Waals surface area contributed by atoms with E-state index in [4.69, 9.17) is 0 Å². The van der Waals surface area contributed by atoms with Gasteiger partial charge < -0.3 is 0 Å². The van der Waals surface area contributed by atoms with Crippen LogP contribution in [0.2, 0.25) is 0 Å². The molecule has 0 saturated heterocycles. The summed E-state index contributed by atoms with van der Waals surface area (Å²) < 4.78 is 0. The molecule has 0 heterocycles. The van der Waals surface area contributed by atoms with Crippen LogP contribution in [0.3, 0.4) is 0 Å². The average Bonchev–Trinajstić information content (AvgIpc) is 2.22. The molecule has 1 aliphatic carbocycles. The number of benzene rings is 1. The summed E-state index contributed by atoms with van der Waals surface area (Å²) in [6.07, 6.45) is 7.52. The normalized spacial score (nSPS) is 16.4. The Kier molecular flexibility index (Phi) is 3.61. The molecule has 16 heavy (non-hydrogen) atoms. The molecule has 0 N–H and O–H groups in total. The summed E-state index contributed by atoms with van der Waals surface area (Å²) in [7, 11) is 0. The summed E-state index contributed by atoms with van der Waals surface area (Å²) in [6.45, 7) is 6.26. The van der Waals surface area contributed by atoms with E-state index in [1.165, 1.54) is 30.4 Å². The smallest absolute Gasteiger partial charge is 0.00144 e. The summed E-state index contributed by atoms with van der Waals surface area (Å²) in [4.78, 5) is 0. The highest BCUT2D eigenvalue weighted by Gasteiger charge is 2.13. The predicted molar refractivity (Wildman–Crippen MR) is 72.5 cm³/mol. The molecule has 0 nitrogen and oxygen atoms in total. The fourth-order valence-electron chi connectivity index (χ4n) is 2.08. The SMILES string of the molecule is C=C(C)[C@H](C=C1CCC1)Cc1ccccc1.[HH]. The average molecular weight is 214 g/mol. The van der Waals surface area contributed by atoms with Crippen molar-refractivity contribution in [3.8, 4) is 0 Å². The van der Waals surface area contributed by atoms with Gasteiger partial charge in [-0.1, -0.05) is 54.1 Å². The molecule has 1 aromatic carbocycles. The standard InChI is InChI=1S/C16H20.H2/c1-13(2)16(12-15-9-6-10-15)11-14-7-4-3-5-8-14;/h3-5,7-8,12,16H,1,6,9-11H2,2H3;1H/t16-;/m0./s1. The van der Waals surface area contributed by atoms with Gasteiger partial charge in [0.05, 0.1) is 0 Å². The zero-order valence-corrected chi connectivity index (χ0v) is 10.1. The van der Waals surface area contributed by atoms with Gasteiger partial charge >= 0.3 is 0 Å². The summed E-state index contributed by atoms with van der Waals surface area (Å²) >= 11 is 0. The van der Waals surface area contributed by atoms with Gasteiger partial charge in [0.15, 0.2) is 0 Å². The van der Waals surface area contributed by atoms with Crippen LogP contribution >= 0.6 is 0 Å². The minimum absolute atomic E-state index is 0. The molecular formula is C16H22. The Morgan fingerprint density at radius 2 is 2.06 bits per heavy atom. The highest BCUT2D eigenvalue weighted by molar-refractivity contribution is 5.23. The molecule has 1 saturated carbocycles. The lowest BCUT2D eigenvalue weighted by molar-refractivity contribution is 0.634. The van der Waals surface area contributed by atoms with Crippen LogP contribution in [-0.4, -0.2) is 0 Å². The lowest BCUT2D eigenvalue weighted by atomic mass is 9.85. The van der Waals surface area contributed by atoms with E-state index in [0.717, 1.165) is 6.42 Å². The van der Waals surface area contributed by atoms with Crippen molar-refractivity contribution in [2.45, 2.75) is 32.6 Å². The molecule has 1 fully saturated rings. The summed E-state index contributed by atoms with van der Waals surface area (Å²) in [5.74, 6) is 0.526.